The lowest BCUT2D eigenvalue weighted by Gasteiger charge is -2.17. The summed E-state index contributed by atoms with van der Waals surface area (Å²) in [4.78, 5) is 0. The molecule has 8 heteroatoms. The predicted molar refractivity (Wildman–Crippen MR) is 70.5 cm³/mol. The molecule has 1 aromatic rings. The van der Waals surface area contributed by atoms with Gasteiger partial charge in [0.25, 0.3) is 10.2 Å². The molecule has 7 nitrogen and oxygen atoms in total. The summed E-state index contributed by atoms with van der Waals surface area (Å²) in [6, 6.07) is 2.29. The molecule has 0 bridgehead atoms. The molecule has 0 atom stereocenters. The first-order valence-electron chi connectivity index (χ1n) is 6.41. The van der Waals surface area contributed by atoms with Crippen molar-refractivity contribution in [1.82, 2.24) is 19.5 Å². The summed E-state index contributed by atoms with van der Waals surface area (Å²) in [6.07, 6.45) is 4.70. The highest BCUT2D eigenvalue weighted by Gasteiger charge is 2.20. The summed E-state index contributed by atoms with van der Waals surface area (Å²) < 4.78 is 32.2. The monoisotopic (exact) mass is 288 g/mol. The van der Waals surface area contributed by atoms with Crippen molar-refractivity contribution in [1.29, 1.82) is 0 Å². The van der Waals surface area contributed by atoms with Gasteiger partial charge in [-0.05, 0) is 25.8 Å². The van der Waals surface area contributed by atoms with Crippen LogP contribution in [0.1, 0.15) is 25.0 Å². The third kappa shape index (κ3) is 4.90. The SMILES string of the molecule is CN(CCCNC1CC1)S(=O)(=O)NCc1ccon1. The van der Waals surface area contributed by atoms with Crippen molar-refractivity contribution < 1.29 is 12.9 Å². The maximum atomic E-state index is 11.9. The molecule has 0 unspecified atom stereocenters. The molecule has 2 rings (SSSR count). The molecule has 1 aliphatic carbocycles. The Morgan fingerprint density at radius 3 is 2.95 bits per heavy atom. The third-order valence-electron chi connectivity index (χ3n) is 3.00. The smallest absolute Gasteiger partial charge is 0.279 e. The number of aromatic nitrogens is 1. The molecular formula is C11H20N4O3S. The number of hydrogen-bond donors (Lipinski definition) is 2. The van der Waals surface area contributed by atoms with Crippen LogP contribution in [0, 0.1) is 0 Å². The second-order valence-corrected chi connectivity index (χ2v) is 6.58. The number of hydrogen-bond acceptors (Lipinski definition) is 5. The fourth-order valence-electron chi connectivity index (χ4n) is 1.62. The molecule has 19 heavy (non-hydrogen) atoms. The van der Waals surface area contributed by atoms with Crippen molar-refractivity contribution in [2.45, 2.75) is 31.8 Å². The molecule has 1 saturated carbocycles. The van der Waals surface area contributed by atoms with Crippen LogP contribution < -0.4 is 10.0 Å². The van der Waals surface area contributed by atoms with Gasteiger partial charge in [-0.25, -0.2) is 0 Å². The van der Waals surface area contributed by atoms with Crippen LogP contribution in [0.25, 0.3) is 0 Å². The fraction of sp³-hybridized carbons (Fsp3) is 0.727. The van der Waals surface area contributed by atoms with Gasteiger partial charge >= 0.3 is 0 Å². The molecule has 0 amide bonds. The van der Waals surface area contributed by atoms with Crippen LogP contribution in [0.5, 0.6) is 0 Å². The summed E-state index contributed by atoms with van der Waals surface area (Å²) in [6.45, 7) is 1.49. The molecule has 1 aliphatic rings. The second-order valence-electron chi connectivity index (χ2n) is 4.72. The lowest BCUT2D eigenvalue weighted by atomic mass is 10.4. The molecule has 2 N–H and O–H groups in total. The minimum atomic E-state index is -3.45. The average molecular weight is 288 g/mol. The summed E-state index contributed by atoms with van der Waals surface area (Å²) in [5, 5.41) is 7.00. The Labute approximate surface area is 113 Å². The molecule has 1 heterocycles. The van der Waals surface area contributed by atoms with Crippen molar-refractivity contribution in [2.24, 2.45) is 0 Å². The lowest BCUT2D eigenvalue weighted by Crippen LogP contribution is -2.39. The van der Waals surface area contributed by atoms with E-state index >= 15 is 0 Å². The lowest BCUT2D eigenvalue weighted by molar-refractivity contribution is 0.409. The Bertz CT molecular complexity index is 470. The van der Waals surface area contributed by atoms with Gasteiger partial charge in [0.2, 0.25) is 0 Å². The first kappa shape index (κ1) is 14.4. The second kappa shape index (κ2) is 6.47. The van der Waals surface area contributed by atoms with E-state index in [1.54, 1.807) is 13.1 Å². The Kier molecular flexibility index (Phi) is 4.92. The topological polar surface area (TPSA) is 87.5 Å². The van der Waals surface area contributed by atoms with Crippen molar-refractivity contribution in [2.75, 3.05) is 20.1 Å². The Morgan fingerprint density at radius 2 is 2.32 bits per heavy atom. The summed E-state index contributed by atoms with van der Waals surface area (Å²) in [5.41, 5.74) is 0.562. The Balaban J connectivity index is 1.67. The highest BCUT2D eigenvalue weighted by Crippen LogP contribution is 2.18. The number of nitrogens with one attached hydrogen (secondary N) is 2. The zero-order valence-electron chi connectivity index (χ0n) is 11.0. The van der Waals surface area contributed by atoms with E-state index in [1.807, 2.05) is 0 Å². The first-order chi connectivity index (χ1) is 9.08. The van der Waals surface area contributed by atoms with Gasteiger partial charge in [-0.15, -0.1) is 0 Å². The molecule has 108 valence electrons. The van der Waals surface area contributed by atoms with Crippen LogP contribution in [0.3, 0.4) is 0 Å². The van der Waals surface area contributed by atoms with Gasteiger partial charge < -0.3 is 9.84 Å². The normalized spacial score (nSPS) is 16.1. The average Bonchev–Trinajstić information content (AvgIpc) is 3.05. The zero-order valence-corrected chi connectivity index (χ0v) is 11.8. The van der Waals surface area contributed by atoms with Crippen LogP contribution >= 0.6 is 0 Å². The van der Waals surface area contributed by atoms with Crippen molar-refractivity contribution in [3.8, 4) is 0 Å². The van der Waals surface area contributed by atoms with E-state index in [4.69, 9.17) is 0 Å². The molecule has 1 aromatic heterocycles. The standard InChI is InChI=1S/C11H20N4O3S/c1-15(7-2-6-12-10-3-4-10)19(16,17)13-9-11-5-8-18-14-11/h5,8,10,12-13H,2-4,6-7,9H2,1H3. The van der Waals surface area contributed by atoms with Gasteiger partial charge in [-0.2, -0.15) is 17.4 Å². The Morgan fingerprint density at radius 1 is 1.53 bits per heavy atom. The van der Waals surface area contributed by atoms with Gasteiger partial charge in [0.05, 0.1) is 12.2 Å². The van der Waals surface area contributed by atoms with Crippen LogP contribution in [0.4, 0.5) is 0 Å². The van der Waals surface area contributed by atoms with Crippen LogP contribution in [-0.4, -0.2) is 44.1 Å². The van der Waals surface area contributed by atoms with Gasteiger partial charge in [0.15, 0.2) is 0 Å². The fourth-order valence-corrected chi connectivity index (χ4v) is 2.54. The van der Waals surface area contributed by atoms with Gasteiger partial charge in [0, 0.05) is 25.7 Å². The Hall–Kier alpha value is -0.960. The zero-order chi connectivity index (χ0) is 13.7. The third-order valence-corrected chi connectivity index (χ3v) is 4.51. The van der Waals surface area contributed by atoms with Crippen LogP contribution in [0.15, 0.2) is 16.9 Å². The van der Waals surface area contributed by atoms with E-state index in [0.717, 1.165) is 13.0 Å². The van der Waals surface area contributed by atoms with Gasteiger partial charge in [-0.1, -0.05) is 5.16 Å². The number of rotatable bonds is 9. The summed E-state index contributed by atoms with van der Waals surface area (Å²) in [5.74, 6) is 0. The largest absolute Gasteiger partial charge is 0.364 e. The summed E-state index contributed by atoms with van der Waals surface area (Å²) in [7, 11) is -1.88. The maximum absolute atomic E-state index is 11.9. The highest BCUT2D eigenvalue weighted by atomic mass is 32.2. The molecule has 0 spiro atoms. The van der Waals surface area contributed by atoms with Gasteiger partial charge in [-0.3, -0.25) is 0 Å². The molecular weight excluding hydrogens is 268 g/mol. The maximum Gasteiger partial charge on any atom is 0.279 e. The number of nitrogens with zero attached hydrogens (tertiary/aromatic N) is 2. The van der Waals surface area contributed by atoms with E-state index < -0.39 is 10.2 Å². The van der Waals surface area contributed by atoms with Crippen LogP contribution in [0.2, 0.25) is 0 Å². The van der Waals surface area contributed by atoms with E-state index in [9.17, 15) is 8.42 Å². The van der Waals surface area contributed by atoms with E-state index in [-0.39, 0.29) is 6.54 Å². The minimum Gasteiger partial charge on any atom is -0.364 e. The molecule has 0 radical (unpaired) electrons. The first-order valence-corrected chi connectivity index (χ1v) is 7.85. The molecule has 0 saturated heterocycles. The molecule has 1 fully saturated rings. The predicted octanol–water partition coefficient (Wildman–Crippen LogP) is 0.0829. The van der Waals surface area contributed by atoms with Crippen molar-refractivity contribution in [3.05, 3.63) is 18.0 Å². The van der Waals surface area contributed by atoms with E-state index in [2.05, 4.69) is 19.7 Å². The van der Waals surface area contributed by atoms with Crippen molar-refractivity contribution >= 4 is 10.2 Å². The van der Waals surface area contributed by atoms with E-state index in [1.165, 1.54) is 23.4 Å². The van der Waals surface area contributed by atoms with Crippen LogP contribution in [-0.2, 0) is 16.8 Å². The van der Waals surface area contributed by atoms with Gasteiger partial charge in [0.1, 0.15) is 6.26 Å². The molecule has 0 aromatic carbocycles. The summed E-state index contributed by atoms with van der Waals surface area (Å²) >= 11 is 0. The molecule has 0 aliphatic heterocycles. The highest BCUT2D eigenvalue weighted by molar-refractivity contribution is 7.87. The minimum absolute atomic E-state index is 0.142. The quantitative estimate of drug-likeness (QED) is 0.629. The van der Waals surface area contributed by atoms with Crippen molar-refractivity contribution in [3.63, 3.8) is 0 Å². The van der Waals surface area contributed by atoms with E-state index in [0.29, 0.717) is 18.3 Å².